The summed E-state index contributed by atoms with van der Waals surface area (Å²) >= 11 is 0. The zero-order valence-corrected chi connectivity index (χ0v) is 17.5. The van der Waals surface area contributed by atoms with Crippen molar-refractivity contribution in [3.63, 3.8) is 0 Å². The van der Waals surface area contributed by atoms with Crippen LogP contribution in [0, 0.1) is 0 Å². The van der Waals surface area contributed by atoms with Gasteiger partial charge in [-0.3, -0.25) is 10.2 Å². The molecule has 1 saturated heterocycles. The molecule has 154 valence electrons. The van der Waals surface area contributed by atoms with Crippen LogP contribution >= 0.6 is 0 Å². The van der Waals surface area contributed by atoms with E-state index in [9.17, 15) is 14.7 Å². The highest BCUT2D eigenvalue weighted by atomic mass is 16.6. The van der Waals surface area contributed by atoms with Crippen molar-refractivity contribution in [3.05, 3.63) is 23.3 Å². The molecular formula is C21H30N2O5. The monoisotopic (exact) mass is 390 g/mol. The molecule has 7 nitrogen and oxygen atoms in total. The quantitative estimate of drug-likeness (QED) is 0.677. The normalized spacial score (nSPS) is 21.1. The number of benzene rings is 1. The fourth-order valence-corrected chi connectivity index (χ4v) is 3.93. The van der Waals surface area contributed by atoms with Crippen LogP contribution in [0.25, 0.3) is 0 Å². The van der Waals surface area contributed by atoms with E-state index >= 15 is 0 Å². The van der Waals surface area contributed by atoms with Gasteiger partial charge < -0.3 is 14.6 Å². The number of carbonyl (C=O) groups is 2. The first kappa shape index (κ1) is 20.3. The lowest BCUT2D eigenvalue weighted by Crippen LogP contribution is -2.44. The number of phenols is 1. The molecule has 1 fully saturated rings. The number of anilines is 1. The highest BCUT2D eigenvalue weighted by molar-refractivity contribution is 5.88. The molecule has 2 unspecified atom stereocenters. The number of ether oxygens (including phenoxy) is 2. The number of rotatable bonds is 1. The number of carbonyl (C=O) groups excluding carboxylic acids is 2. The second-order valence-electron chi connectivity index (χ2n) is 9.50. The van der Waals surface area contributed by atoms with Crippen molar-refractivity contribution in [1.29, 1.82) is 0 Å². The molecule has 2 aliphatic heterocycles. The number of nitrogens with zero attached hydrogens (tertiary/aromatic N) is 1. The van der Waals surface area contributed by atoms with E-state index < -0.39 is 17.3 Å². The molecule has 28 heavy (non-hydrogen) atoms. The molecule has 1 aromatic carbocycles. The van der Waals surface area contributed by atoms with E-state index in [1.165, 1.54) is 0 Å². The predicted molar refractivity (Wildman–Crippen MR) is 106 cm³/mol. The van der Waals surface area contributed by atoms with E-state index in [-0.39, 0.29) is 29.6 Å². The van der Waals surface area contributed by atoms with Gasteiger partial charge >= 0.3 is 12.2 Å². The van der Waals surface area contributed by atoms with Crippen molar-refractivity contribution in [3.8, 4) is 5.75 Å². The van der Waals surface area contributed by atoms with Crippen molar-refractivity contribution in [1.82, 2.24) is 4.90 Å². The number of hydrogen-bond acceptors (Lipinski definition) is 5. The fraction of sp³-hybridized carbons (Fsp3) is 0.619. The third-order valence-electron chi connectivity index (χ3n) is 4.84. The third-order valence-corrected chi connectivity index (χ3v) is 4.84. The van der Waals surface area contributed by atoms with Gasteiger partial charge in [0.2, 0.25) is 0 Å². The molecule has 2 bridgehead atoms. The largest absolute Gasteiger partial charge is 0.505 e. The minimum absolute atomic E-state index is 0.0118. The van der Waals surface area contributed by atoms with Crippen LogP contribution in [-0.2, 0) is 15.9 Å². The Morgan fingerprint density at radius 3 is 2.32 bits per heavy atom. The second kappa shape index (κ2) is 6.87. The van der Waals surface area contributed by atoms with Gasteiger partial charge in [-0.2, -0.15) is 0 Å². The Bertz CT molecular complexity index is 791. The summed E-state index contributed by atoms with van der Waals surface area (Å²) in [5.41, 5.74) is 0.745. The highest BCUT2D eigenvalue weighted by Crippen LogP contribution is 2.49. The molecule has 0 saturated carbocycles. The van der Waals surface area contributed by atoms with Crippen molar-refractivity contribution < 1.29 is 24.2 Å². The Hall–Kier alpha value is -2.44. The summed E-state index contributed by atoms with van der Waals surface area (Å²) in [6.45, 7) is 10.8. The molecule has 0 aromatic heterocycles. The van der Waals surface area contributed by atoms with E-state index in [1.807, 2.05) is 26.8 Å². The Kier molecular flexibility index (Phi) is 4.98. The van der Waals surface area contributed by atoms with Crippen LogP contribution in [0.15, 0.2) is 12.1 Å². The number of nitrogens with one attached hydrogen (secondary N) is 1. The summed E-state index contributed by atoms with van der Waals surface area (Å²) in [6.07, 6.45) is 1.26. The third kappa shape index (κ3) is 4.18. The summed E-state index contributed by atoms with van der Waals surface area (Å²) in [5, 5.41) is 13.5. The van der Waals surface area contributed by atoms with Gasteiger partial charge in [0.1, 0.15) is 17.0 Å². The van der Waals surface area contributed by atoms with E-state index in [0.717, 1.165) is 18.4 Å². The summed E-state index contributed by atoms with van der Waals surface area (Å²) in [5.74, 6) is -0.0118. The van der Waals surface area contributed by atoms with Gasteiger partial charge in [-0.15, -0.1) is 0 Å². The van der Waals surface area contributed by atoms with Gasteiger partial charge in [0.15, 0.2) is 0 Å². The van der Waals surface area contributed by atoms with Crippen molar-refractivity contribution >= 4 is 17.9 Å². The molecule has 0 radical (unpaired) electrons. The van der Waals surface area contributed by atoms with E-state index in [0.29, 0.717) is 12.0 Å². The maximum absolute atomic E-state index is 12.7. The van der Waals surface area contributed by atoms with Crippen LogP contribution in [0.4, 0.5) is 15.3 Å². The lowest BCUT2D eigenvalue weighted by Gasteiger charge is -2.37. The summed E-state index contributed by atoms with van der Waals surface area (Å²) in [4.78, 5) is 26.6. The molecule has 0 spiro atoms. The van der Waals surface area contributed by atoms with Gasteiger partial charge in [0.25, 0.3) is 0 Å². The number of phenolic OH excluding ortho intramolecular Hbond substituents is 1. The number of aromatic hydroxyl groups is 1. The number of amides is 2. The lowest BCUT2D eigenvalue weighted by atomic mass is 9.92. The number of fused-ring (bicyclic) bond motifs is 4. The molecule has 2 aliphatic rings. The molecule has 2 N–H and O–H groups in total. The van der Waals surface area contributed by atoms with E-state index in [1.54, 1.807) is 31.7 Å². The lowest BCUT2D eigenvalue weighted by molar-refractivity contribution is 0.0122. The first-order valence-corrected chi connectivity index (χ1v) is 9.72. The van der Waals surface area contributed by atoms with Crippen molar-refractivity contribution in [2.45, 2.75) is 84.1 Å². The van der Waals surface area contributed by atoms with Gasteiger partial charge in [0, 0.05) is 11.6 Å². The molecular weight excluding hydrogens is 360 g/mol. The zero-order valence-electron chi connectivity index (χ0n) is 17.5. The number of hydrogen-bond donors (Lipinski definition) is 2. The standard InChI is InChI=1S/C21H30N2O5/c1-20(2,3)27-18(25)22-14-9-7-12-11-13-8-10-15(16(12)17(14)24)23(13)19(26)28-21(4,5)6/h7,9,13,15,24H,8,10-11H2,1-6H3,(H,22,25). The topological polar surface area (TPSA) is 88.1 Å². The first-order valence-electron chi connectivity index (χ1n) is 9.72. The second-order valence-corrected chi connectivity index (χ2v) is 9.50. The Labute approximate surface area is 166 Å². The average Bonchev–Trinajstić information content (AvgIpc) is 2.81. The fourth-order valence-electron chi connectivity index (χ4n) is 3.93. The van der Waals surface area contributed by atoms with Crippen LogP contribution in [0.3, 0.4) is 0 Å². The molecule has 7 heteroatoms. The Balaban J connectivity index is 1.87. The maximum Gasteiger partial charge on any atom is 0.412 e. The maximum atomic E-state index is 12.7. The van der Waals surface area contributed by atoms with Gasteiger partial charge in [0.05, 0.1) is 11.7 Å². The summed E-state index contributed by atoms with van der Waals surface area (Å²) in [7, 11) is 0. The molecule has 1 aromatic rings. The van der Waals surface area contributed by atoms with Gasteiger partial charge in [-0.05, 0) is 72.4 Å². The Morgan fingerprint density at radius 1 is 1.07 bits per heavy atom. The van der Waals surface area contributed by atoms with Gasteiger partial charge in [-0.1, -0.05) is 6.07 Å². The SMILES string of the molecule is CC(C)(C)OC(=O)Nc1ccc2c(c1O)C1CCC(C2)N1C(=O)OC(C)(C)C. The minimum Gasteiger partial charge on any atom is -0.505 e. The molecule has 3 rings (SSSR count). The molecule has 2 atom stereocenters. The molecule has 0 aliphatic carbocycles. The van der Waals surface area contributed by atoms with Crippen LogP contribution in [0.1, 0.15) is 71.6 Å². The minimum atomic E-state index is -0.639. The van der Waals surface area contributed by atoms with Crippen molar-refractivity contribution in [2.24, 2.45) is 0 Å². The average molecular weight is 390 g/mol. The summed E-state index contributed by atoms with van der Waals surface area (Å²) < 4.78 is 10.8. The highest BCUT2D eigenvalue weighted by Gasteiger charge is 2.45. The van der Waals surface area contributed by atoms with E-state index in [4.69, 9.17) is 9.47 Å². The Morgan fingerprint density at radius 2 is 1.71 bits per heavy atom. The van der Waals surface area contributed by atoms with E-state index in [2.05, 4.69) is 5.32 Å². The molecule has 2 heterocycles. The predicted octanol–water partition coefficient (Wildman–Crippen LogP) is 4.74. The zero-order chi connectivity index (χ0) is 20.9. The van der Waals surface area contributed by atoms with Crippen molar-refractivity contribution in [2.75, 3.05) is 5.32 Å². The summed E-state index contributed by atoms with van der Waals surface area (Å²) in [6, 6.07) is 3.39. The van der Waals surface area contributed by atoms with Crippen LogP contribution < -0.4 is 5.32 Å². The van der Waals surface area contributed by atoms with Crippen LogP contribution in [0.2, 0.25) is 0 Å². The van der Waals surface area contributed by atoms with Gasteiger partial charge in [-0.25, -0.2) is 9.59 Å². The van der Waals surface area contributed by atoms with Crippen LogP contribution in [0.5, 0.6) is 5.75 Å². The van der Waals surface area contributed by atoms with Crippen LogP contribution in [-0.4, -0.2) is 39.4 Å². The first-order chi connectivity index (χ1) is 12.9. The molecule has 2 amide bonds. The smallest absolute Gasteiger partial charge is 0.412 e.